The largest absolute Gasteiger partial charge is 0.461 e. The number of aromatic nitrogens is 3. The number of esters is 1. The number of aryl methyl sites for hydroxylation is 1. The first kappa shape index (κ1) is 18.1. The van der Waals surface area contributed by atoms with Crippen LogP contribution in [0.4, 0.5) is 5.82 Å². The van der Waals surface area contributed by atoms with E-state index in [1.54, 1.807) is 18.2 Å². The Bertz CT molecular complexity index is 781. The zero-order chi connectivity index (χ0) is 18.1. The van der Waals surface area contributed by atoms with Crippen molar-refractivity contribution < 1.29 is 19.0 Å². The SMILES string of the molecule is CC(=O)CCc1cccc(C(=O)OCCCNc2nonc2C#N)n1. The molecule has 0 radical (unpaired) electrons. The fourth-order valence-corrected chi connectivity index (χ4v) is 1.93. The van der Waals surface area contributed by atoms with Crippen LogP contribution in [0.1, 0.15) is 41.6 Å². The van der Waals surface area contributed by atoms with Crippen molar-refractivity contribution in [2.45, 2.75) is 26.2 Å². The van der Waals surface area contributed by atoms with Gasteiger partial charge in [0, 0.05) is 18.7 Å². The molecule has 130 valence electrons. The first-order valence-electron chi connectivity index (χ1n) is 7.69. The highest BCUT2D eigenvalue weighted by Gasteiger charge is 2.11. The predicted octanol–water partition coefficient (Wildman–Crippen LogP) is 1.52. The first-order valence-corrected chi connectivity index (χ1v) is 7.69. The van der Waals surface area contributed by atoms with Gasteiger partial charge in [0.2, 0.25) is 11.5 Å². The zero-order valence-electron chi connectivity index (χ0n) is 13.7. The van der Waals surface area contributed by atoms with Gasteiger partial charge in [-0.15, -0.1) is 0 Å². The van der Waals surface area contributed by atoms with Crippen molar-refractivity contribution in [3.05, 3.63) is 35.3 Å². The van der Waals surface area contributed by atoms with Crippen LogP contribution in [0.15, 0.2) is 22.8 Å². The Morgan fingerprint density at radius 1 is 1.36 bits per heavy atom. The van der Waals surface area contributed by atoms with Crippen LogP contribution in [0.2, 0.25) is 0 Å². The van der Waals surface area contributed by atoms with Gasteiger partial charge in [-0.2, -0.15) is 5.26 Å². The van der Waals surface area contributed by atoms with Gasteiger partial charge in [-0.3, -0.25) is 0 Å². The summed E-state index contributed by atoms with van der Waals surface area (Å²) in [5.74, 6) is -0.191. The number of nitriles is 1. The molecule has 0 bridgehead atoms. The van der Waals surface area contributed by atoms with E-state index in [-0.39, 0.29) is 29.6 Å². The Hall–Kier alpha value is -3.28. The summed E-state index contributed by atoms with van der Waals surface area (Å²) in [5.41, 5.74) is 0.957. The maximum atomic E-state index is 12.0. The van der Waals surface area contributed by atoms with E-state index in [0.717, 1.165) is 0 Å². The molecule has 0 saturated carbocycles. The number of ketones is 1. The van der Waals surface area contributed by atoms with Crippen molar-refractivity contribution in [2.75, 3.05) is 18.5 Å². The van der Waals surface area contributed by atoms with Crippen LogP contribution in [0, 0.1) is 11.3 Å². The number of anilines is 1. The van der Waals surface area contributed by atoms with Crippen LogP contribution in [0.25, 0.3) is 0 Å². The van der Waals surface area contributed by atoms with Crippen molar-refractivity contribution in [1.29, 1.82) is 5.26 Å². The third kappa shape index (κ3) is 5.69. The summed E-state index contributed by atoms with van der Waals surface area (Å²) in [5, 5.41) is 18.6. The molecular formula is C16H17N5O4. The highest BCUT2D eigenvalue weighted by Crippen LogP contribution is 2.07. The molecule has 0 aliphatic heterocycles. The van der Waals surface area contributed by atoms with Gasteiger partial charge < -0.3 is 14.8 Å². The number of ether oxygens (including phenoxy) is 1. The van der Waals surface area contributed by atoms with E-state index in [4.69, 9.17) is 10.00 Å². The molecule has 0 aliphatic carbocycles. The highest BCUT2D eigenvalue weighted by atomic mass is 16.6. The van der Waals surface area contributed by atoms with Crippen LogP contribution in [-0.2, 0) is 16.0 Å². The molecule has 0 aliphatic rings. The number of nitrogens with one attached hydrogen (secondary N) is 1. The molecule has 0 amide bonds. The zero-order valence-corrected chi connectivity index (χ0v) is 13.7. The molecule has 9 nitrogen and oxygen atoms in total. The monoisotopic (exact) mass is 343 g/mol. The molecule has 0 fully saturated rings. The minimum Gasteiger partial charge on any atom is -0.461 e. The molecule has 2 aromatic heterocycles. The normalized spacial score (nSPS) is 10.1. The first-order chi connectivity index (χ1) is 12.1. The summed E-state index contributed by atoms with van der Waals surface area (Å²) in [6.07, 6.45) is 1.39. The topological polar surface area (TPSA) is 131 Å². The standard InChI is InChI=1S/C16H17N5O4/c1-11(22)6-7-12-4-2-5-13(19-12)16(23)24-9-3-8-18-15-14(10-17)20-25-21-15/h2,4-5H,3,6-9H2,1H3,(H,18,21). The molecule has 25 heavy (non-hydrogen) atoms. The number of carbonyl (C=O) groups excluding carboxylic acids is 2. The summed E-state index contributed by atoms with van der Waals surface area (Å²) in [6, 6.07) is 6.88. The van der Waals surface area contributed by atoms with Crippen LogP contribution < -0.4 is 5.32 Å². The van der Waals surface area contributed by atoms with Crippen molar-refractivity contribution in [3.63, 3.8) is 0 Å². The molecule has 0 saturated heterocycles. The number of pyridine rings is 1. The number of carbonyl (C=O) groups is 2. The summed E-state index contributed by atoms with van der Waals surface area (Å²) >= 11 is 0. The Morgan fingerprint density at radius 3 is 2.96 bits per heavy atom. The second-order valence-electron chi connectivity index (χ2n) is 5.21. The molecule has 0 unspecified atom stereocenters. The summed E-state index contributed by atoms with van der Waals surface area (Å²) in [6.45, 7) is 2.13. The minimum atomic E-state index is -0.523. The van der Waals surface area contributed by atoms with Gasteiger partial charge in [0.15, 0.2) is 0 Å². The van der Waals surface area contributed by atoms with Crippen molar-refractivity contribution >= 4 is 17.6 Å². The molecule has 2 aromatic rings. The fourth-order valence-electron chi connectivity index (χ4n) is 1.93. The average Bonchev–Trinajstić information content (AvgIpc) is 3.07. The van der Waals surface area contributed by atoms with E-state index >= 15 is 0 Å². The predicted molar refractivity (Wildman–Crippen MR) is 85.6 cm³/mol. The number of rotatable bonds is 9. The molecule has 9 heteroatoms. The van der Waals surface area contributed by atoms with Gasteiger partial charge in [0.25, 0.3) is 0 Å². The number of hydrogen-bond donors (Lipinski definition) is 1. The average molecular weight is 343 g/mol. The van der Waals surface area contributed by atoms with E-state index < -0.39 is 5.97 Å². The van der Waals surface area contributed by atoms with Crippen LogP contribution in [0.3, 0.4) is 0 Å². The van der Waals surface area contributed by atoms with Crippen LogP contribution >= 0.6 is 0 Å². The second kappa shape index (κ2) is 9.12. The Kier molecular flexibility index (Phi) is 6.59. The van der Waals surface area contributed by atoms with Crippen molar-refractivity contribution in [2.24, 2.45) is 0 Å². The van der Waals surface area contributed by atoms with E-state index in [2.05, 4.69) is 25.2 Å². The smallest absolute Gasteiger partial charge is 0.356 e. The maximum Gasteiger partial charge on any atom is 0.356 e. The summed E-state index contributed by atoms with van der Waals surface area (Å²) in [4.78, 5) is 27.2. The lowest BCUT2D eigenvalue weighted by Gasteiger charge is -2.06. The van der Waals surface area contributed by atoms with Crippen LogP contribution in [-0.4, -0.2) is 40.2 Å². The van der Waals surface area contributed by atoms with Gasteiger partial charge in [0.05, 0.1) is 6.61 Å². The van der Waals surface area contributed by atoms with Gasteiger partial charge in [0.1, 0.15) is 17.5 Å². The lowest BCUT2D eigenvalue weighted by molar-refractivity contribution is -0.117. The maximum absolute atomic E-state index is 12.0. The second-order valence-corrected chi connectivity index (χ2v) is 5.21. The van der Waals surface area contributed by atoms with Gasteiger partial charge in [-0.25, -0.2) is 14.4 Å². The van der Waals surface area contributed by atoms with Gasteiger partial charge in [-0.05, 0) is 42.2 Å². The highest BCUT2D eigenvalue weighted by molar-refractivity contribution is 5.87. The molecule has 0 atom stereocenters. The molecule has 0 spiro atoms. The minimum absolute atomic E-state index is 0.0728. The lowest BCUT2D eigenvalue weighted by Crippen LogP contribution is -2.12. The van der Waals surface area contributed by atoms with Crippen LogP contribution in [0.5, 0.6) is 0 Å². The third-order valence-electron chi connectivity index (χ3n) is 3.19. The fraction of sp³-hybridized carbons (Fsp3) is 0.375. The van der Waals surface area contributed by atoms with E-state index in [9.17, 15) is 9.59 Å². The molecule has 1 N–H and O–H groups in total. The van der Waals surface area contributed by atoms with E-state index in [0.29, 0.717) is 31.5 Å². The van der Waals surface area contributed by atoms with Crippen molar-refractivity contribution in [3.8, 4) is 6.07 Å². The summed E-state index contributed by atoms with van der Waals surface area (Å²) in [7, 11) is 0. The molecule has 2 heterocycles. The Balaban J connectivity index is 1.74. The molecule has 2 rings (SSSR count). The Labute approximate surface area is 144 Å². The van der Waals surface area contributed by atoms with Gasteiger partial charge >= 0.3 is 5.97 Å². The summed E-state index contributed by atoms with van der Waals surface area (Å²) < 4.78 is 9.59. The lowest BCUT2D eigenvalue weighted by atomic mass is 10.1. The molecular weight excluding hydrogens is 326 g/mol. The molecule has 0 aromatic carbocycles. The Morgan fingerprint density at radius 2 is 2.20 bits per heavy atom. The number of Topliss-reactive ketones (excluding diaryl/α,β-unsaturated/α-hetero) is 1. The van der Waals surface area contributed by atoms with Crippen molar-refractivity contribution in [1.82, 2.24) is 15.3 Å². The number of hydrogen-bond acceptors (Lipinski definition) is 9. The quantitative estimate of drug-likeness (QED) is 0.531. The third-order valence-corrected chi connectivity index (χ3v) is 3.19. The van der Waals surface area contributed by atoms with E-state index in [1.165, 1.54) is 6.92 Å². The number of nitrogens with zero attached hydrogens (tertiary/aromatic N) is 4. The van der Waals surface area contributed by atoms with E-state index in [1.807, 2.05) is 6.07 Å². The van der Waals surface area contributed by atoms with Gasteiger partial charge in [-0.1, -0.05) is 6.07 Å².